The molecule has 0 unspecified atom stereocenters. The van der Waals surface area contributed by atoms with Gasteiger partial charge in [-0.25, -0.2) is 0 Å². The zero-order chi connectivity index (χ0) is 15.0. The lowest BCUT2D eigenvalue weighted by Gasteiger charge is -2.16. The second-order valence-corrected chi connectivity index (χ2v) is 5.24. The molecule has 0 aliphatic rings. The predicted octanol–water partition coefficient (Wildman–Crippen LogP) is 1.40. The van der Waals surface area contributed by atoms with E-state index in [4.69, 9.17) is 4.74 Å². The lowest BCUT2D eigenvalue weighted by molar-refractivity contribution is -0.144. The third-order valence-corrected chi connectivity index (χ3v) is 2.49. The Morgan fingerprint density at radius 2 is 1.90 bits per heavy atom. The van der Waals surface area contributed by atoms with E-state index in [-0.39, 0.29) is 37.9 Å². The van der Waals surface area contributed by atoms with Gasteiger partial charge in [-0.1, -0.05) is 30.3 Å². The van der Waals surface area contributed by atoms with Crippen LogP contribution < -0.4 is 5.32 Å². The molecule has 1 aromatic carbocycles. The van der Waals surface area contributed by atoms with Gasteiger partial charge in [0.05, 0.1) is 18.4 Å². The van der Waals surface area contributed by atoms with E-state index in [1.54, 1.807) is 13.8 Å². The number of nitrogens with one attached hydrogen (secondary N) is 1. The van der Waals surface area contributed by atoms with Crippen molar-refractivity contribution >= 4 is 11.9 Å². The predicted molar refractivity (Wildman–Crippen MR) is 74.8 cm³/mol. The van der Waals surface area contributed by atoms with E-state index >= 15 is 0 Å². The Balaban J connectivity index is 2.16. The number of hydrogen-bond donors (Lipinski definition) is 2. The van der Waals surface area contributed by atoms with Crippen LogP contribution in [0, 0.1) is 0 Å². The molecule has 5 heteroatoms. The van der Waals surface area contributed by atoms with Crippen molar-refractivity contribution in [3.05, 3.63) is 35.9 Å². The summed E-state index contributed by atoms with van der Waals surface area (Å²) in [5, 5.41) is 12.0. The Hall–Kier alpha value is -1.88. The standard InChI is InChI=1S/C15H21NO4/c1-15(2,19)10-13(17)16-9-8-14(18)20-11-12-6-4-3-5-7-12/h3-7,19H,8-11H2,1-2H3,(H,16,17). The zero-order valence-corrected chi connectivity index (χ0v) is 11.9. The molecule has 0 radical (unpaired) electrons. The Kier molecular flexibility index (Phi) is 6.18. The van der Waals surface area contributed by atoms with Crippen molar-refractivity contribution in [2.45, 2.75) is 38.9 Å². The zero-order valence-electron chi connectivity index (χ0n) is 11.9. The summed E-state index contributed by atoms with van der Waals surface area (Å²) in [6.07, 6.45) is 0.122. The average Bonchev–Trinajstić information content (AvgIpc) is 2.35. The molecule has 110 valence electrons. The van der Waals surface area contributed by atoms with Crippen molar-refractivity contribution in [2.24, 2.45) is 0 Å². The molecule has 1 rings (SSSR count). The minimum absolute atomic E-state index is 0.00601. The normalized spacial score (nSPS) is 10.9. The van der Waals surface area contributed by atoms with Crippen molar-refractivity contribution in [2.75, 3.05) is 6.54 Å². The Labute approximate surface area is 118 Å². The Bertz CT molecular complexity index is 437. The van der Waals surface area contributed by atoms with Gasteiger partial charge in [-0.3, -0.25) is 9.59 Å². The van der Waals surface area contributed by atoms with Crippen LogP contribution in [0.25, 0.3) is 0 Å². The molecule has 0 aromatic heterocycles. The van der Waals surface area contributed by atoms with Crippen molar-refractivity contribution in [1.82, 2.24) is 5.32 Å². The summed E-state index contributed by atoms with van der Waals surface area (Å²) < 4.78 is 5.07. The molecule has 2 N–H and O–H groups in total. The van der Waals surface area contributed by atoms with E-state index in [9.17, 15) is 14.7 Å². The van der Waals surface area contributed by atoms with Crippen molar-refractivity contribution in [3.63, 3.8) is 0 Å². The third kappa shape index (κ3) is 7.53. The molecule has 0 saturated heterocycles. The quantitative estimate of drug-likeness (QED) is 0.740. The number of benzene rings is 1. The first kappa shape index (κ1) is 16.2. The van der Waals surface area contributed by atoms with Gasteiger partial charge in [-0.05, 0) is 19.4 Å². The maximum absolute atomic E-state index is 11.5. The summed E-state index contributed by atoms with van der Waals surface area (Å²) in [4.78, 5) is 22.9. The van der Waals surface area contributed by atoms with Crippen LogP contribution in [0.2, 0.25) is 0 Å². The highest BCUT2D eigenvalue weighted by Crippen LogP contribution is 2.06. The van der Waals surface area contributed by atoms with Gasteiger partial charge >= 0.3 is 5.97 Å². The largest absolute Gasteiger partial charge is 0.461 e. The molecule has 0 atom stereocenters. The van der Waals surface area contributed by atoms with E-state index in [2.05, 4.69) is 5.32 Å². The number of carbonyl (C=O) groups excluding carboxylic acids is 2. The molecule has 1 aromatic rings. The van der Waals surface area contributed by atoms with Crippen LogP contribution in [-0.4, -0.2) is 29.1 Å². The van der Waals surface area contributed by atoms with Crippen molar-refractivity contribution in [1.29, 1.82) is 0 Å². The summed E-state index contributed by atoms with van der Waals surface area (Å²) in [6, 6.07) is 9.39. The van der Waals surface area contributed by atoms with E-state index in [1.807, 2.05) is 30.3 Å². The first-order chi connectivity index (χ1) is 9.37. The van der Waals surface area contributed by atoms with Crippen LogP contribution in [-0.2, 0) is 20.9 Å². The molecule has 0 spiro atoms. The number of amides is 1. The average molecular weight is 279 g/mol. The Morgan fingerprint density at radius 3 is 2.50 bits per heavy atom. The van der Waals surface area contributed by atoms with Gasteiger partial charge in [0, 0.05) is 6.54 Å². The molecule has 0 saturated carbocycles. The SMILES string of the molecule is CC(C)(O)CC(=O)NCCC(=O)OCc1ccccc1. The highest BCUT2D eigenvalue weighted by molar-refractivity contribution is 5.77. The highest BCUT2D eigenvalue weighted by atomic mass is 16.5. The first-order valence-electron chi connectivity index (χ1n) is 6.55. The van der Waals surface area contributed by atoms with E-state index < -0.39 is 5.60 Å². The van der Waals surface area contributed by atoms with Gasteiger partial charge in [0.15, 0.2) is 0 Å². The maximum atomic E-state index is 11.5. The second-order valence-electron chi connectivity index (χ2n) is 5.24. The number of rotatable bonds is 7. The van der Waals surface area contributed by atoms with Gasteiger partial charge in [0.1, 0.15) is 6.61 Å². The topological polar surface area (TPSA) is 75.6 Å². The fraction of sp³-hybridized carbons (Fsp3) is 0.467. The van der Waals surface area contributed by atoms with Crippen LogP contribution >= 0.6 is 0 Å². The van der Waals surface area contributed by atoms with Crippen LogP contribution in [0.3, 0.4) is 0 Å². The fourth-order valence-corrected chi connectivity index (χ4v) is 1.57. The molecule has 0 aliphatic heterocycles. The second kappa shape index (κ2) is 7.65. The van der Waals surface area contributed by atoms with Gasteiger partial charge in [-0.2, -0.15) is 0 Å². The summed E-state index contributed by atoms with van der Waals surface area (Å²) in [6.45, 7) is 3.56. The first-order valence-corrected chi connectivity index (χ1v) is 6.55. The summed E-state index contributed by atoms with van der Waals surface area (Å²) in [5.74, 6) is -0.647. The summed E-state index contributed by atoms with van der Waals surface area (Å²) in [5.41, 5.74) is -0.121. The minimum atomic E-state index is -1.04. The molecule has 0 fully saturated rings. The molecule has 5 nitrogen and oxygen atoms in total. The summed E-state index contributed by atoms with van der Waals surface area (Å²) >= 11 is 0. The Morgan fingerprint density at radius 1 is 1.25 bits per heavy atom. The van der Waals surface area contributed by atoms with E-state index in [0.717, 1.165) is 5.56 Å². The van der Waals surface area contributed by atoms with Gasteiger partial charge in [-0.15, -0.1) is 0 Å². The summed E-state index contributed by atoms with van der Waals surface area (Å²) in [7, 11) is 0. The smallest absolute Gasteiger partial charge is 0.307 e. The third-order valence-electron chi connectivity index (χ3n) is 2.49. The molecular formula is C15H21NO4. The fourth-order valence-electron chi connectivity index (χ4n) is 1.57. The maximum Gasteiger partial charge on any atom is 0.307 e. The van der Waals surface area contributed by atoms with Crippen LogP contribution in [0.4, 0.5) is 0 Å². The molecule has 0 aliphatic carbocycles. The lowest BCUT2D eigenvalue weighted by Crippen LogP contribution is -2.33. The number of hydrogen-bond acceptors (Lipinski definition) is 4. The lowest BCUT2D eigenvalue weighted by atomic mass is 10.1. The highest BCUT2D eigenvalue weighted by Gasteiger charge is 2.17. The van der Waals surface area contributed by atoms with E-state index in [1.165, 1.54) is 0 Å². The molecule has 1 amide bonds. The molecule has 20 heavy (non-hydrogen) atoms. The molecule has 0 bridgehead atoms. The monoisotopic (exact) mass is 279 g/mol. The number of esters is 1. The van der Waals surface area contributed by atoms with E-state index in [0.29, 0.717) is 0 Å². The minimum Gasteiger partial charge on any atom is -0.461 e. The molecular weight excluding hydrogens is 258 g/mol. The molecule has 0 heterocycles. The van der Waals surface area contributed by atoms with Crippen LogP contribution in [0.1, 0.15) is 32.3 Å². The van der Waals surface area contributed by atoms with Crippen molar-refractivity contribution < 1.29 is 19.4 Å². The van der Waals surface area contributed by atoms with Crippen molar-refractivity contribution in [3.8, 4) is 0 Å². The number of carbonyl (C=O) groups is 2. The van der Waals surface area contributed by atoms with Gasteiger partial charge in [0.25, 0.3) is 0 Å². The number of aliphatic hydroxyl groups is 1. The van der Waals surface area contributed by atoms with Crippen LogP contribution in [0.5, 0.6) is 0 Å². The van der Waals surface area contributed by atoms with Gasteiger partial charge < -0.3 is 15.2 Å². The van der Waals surface area contributed by atoms with Crippen LogP contribution in [0.15, 0.2) is 30.3 Å². The number of ether oxygens (including phenoxy) is 1. The van der Waals surface area contributed by atoms with Gasteiger partial charge in [0.2, 0.25) is 5.91 Å².